The van der Waals surface area contributed by atoms with E-state index in [9.17, 15) is 4.79 Å². The normalized spacial score (nSPS) is 34.8. The van der Waals surface area contributed by atoms with Crippen molar-refractivity contribution in [3.05, 3.63) is 0 Å². The molecule has 2 aliphatic rings. The fourth-order valence-corrected chi connectivity index (χ4v) is 2.44. The molecule has 0 aromatic rings. The molecule has 4 heteroatoms. The summed E-state index contributed by atoms with van der Waals surface area (Å²) in [6.45, 7) is 7.70. The number of nitrogens with zero attached hydrogens (tertiary/aromatic N) is 1. The fraction of sp³-hybridized carbons (Fsp3) is 0.909. The lowest BCUT2D eigenvalue weighted by Crippen LogP contribution is -2.44. The molecule has 0 aromatic heterocycles. The SMILES string of the molecule is CN1CC2CC2(NC(=O)OC(C)(C)C)C1. The summed E-state index contributed by atoms with van der Waals surface area (Å²) in [5.74, 6) is 0.634. The van der Waals surface area contributed by atoms with Crippen LogP contribution in [0.2, 0.25) is 0 Å². The van der Waals surface area contributed by atoms with Gasteiger partial charge in [0.1, 0.15) is 5.60 Å². The van der Waals surface area contributed by atoms with Crippen molar-refractivity contribution in [3.8, 4) is 0 Å². The van der Waals surface area contributed by atoms with Crippen LogP contribution in [0.5, 0.6) is 0 Å². The molecule has 1 amide bonds. The van der Waals surface area contributed by atoms with Crippen molar-refractivity contribution in [2.24, 2.45) is 5.92 Å². The number of likely N-dealkylation sites (N-methyl/N-ethyl adjacent to an activating group) is 1. The second kappa shape index (κ2) is 3.11. The Hall–Kier alpha value is -0.770. The molecule has 2 fully saturated rings. The number of ether oxygens (including phenoxy) is 1. The molecule has 2 rings (SSSR count). The van der Waals surface area contributed by atoms with Gasteiger partial charge in [-0.25, -0.2) is 4.79 Å². The molecule has 1 aliphatic carbocycles. The second-order valence-electron chi connectivity index (χ2n) is 5.88. The zero-order chi connectivity index (χ0) is 11.3. The predicted molar refractivity (Wildman–Crippen MR) is 57.7 cm³/mol. The maximum Gasteiger partial charge on any atom is 0.408 e. The maximum absolute atomic E-state index is 11.6. The molecule has 4 nitrogen and oxygen atoms in total. The monoisotopic (exact) mass is 212 g/mol. The summed E-state index contributed by atoms with van der Waals surface area (Å²) < 4.78 is 5.26. The summed E-state index contributed by atoms with van der Waals surface area (Å²) in [5.41, 5.74) is -0.382. The van der Waals surface area contributed by atoms with E-state index in [1.807, 2.05) is 20.8 Å². The van der Waals surface area contributed by atoms with Crippen molar-refractivity contribution in [3.63, 3.8) is 0 Å². The molecule has 0 aromatic carbocycles. The van der Waals surface area contributed by atoms with E-state index in [1.54, 1.807) is 0 Å². The van der Waals surface area contributed by atoms with Crippen molar-refractivity contribution in [1.82, 2.24) is 10.2 Å². The molecule has 1 saturated heterocycles. The van der Waals surface area contributed by atoms with Gasteiger partial charge in [-0.2, -0.15) is 0 Å². The first kappa shape index (κ1) is 10.7. The van der Waals surface area contributed by atoms with E-state index in [0.29, 0.717) is 5.92 Å². The Labute approximate surface area is 91.0 Å². The highest BCUT2D eigenvalue weighted by atomic mass is 16.6. The van der Waals surface area contributed by atoms with Crippen LogP contribution in [0.25, 0.3) is 0 Å². The number of carbonyl (C=O) groups excluding carboxylic acids is 1. The third-order valence-corrected chi connectivity index (χ3v) is 3.07. The quantitative estimate of drug-likeness (QED) is 0.710. The molecular weight excluding hydrogens is 192 g/mol. The Balaban J connectivity index is 1.86. The molecule has 0 bridgehead atoms. The number of hydrogen-bond acceptors (Lipinski definition) is 3. The summed E-state index contributed by atoms with van der Waals surface area (Å²) >= 11 is 0. The first-order valence-electron chi connectivity index (χ1n) is 5.50. The molecular formula is C11H20N2O2. The van der Waals surface area contributed by atoms with Gasteiger partial charge in [0.15, 0.2) is 0 Å². The van der Waals surface area contributed by atoms with Crippen LogP contribution >= 0.6 is 0 Å². The average molecular weight is 212 g/mol. The van der Waals surface area contributed by atoms with E-state index in [4.69, 9.17) is 4.74 Å². The average Bonchev–Trinajstić information content (AvgIpc) is 2.47. The predicted octanol–water partition coefficient (Wildman–Crippen LogP) is 1.22. The van der Waals surface area contributed by atoms with Crippen molar-refractivity contribution >= 4 is 6.09 Å². The van der Waals surface area contributed by atoms with Gasteiger partial charge in [-0.1, -0.05) is 0 Å². The smallest absolute Gasteiger partial charge is 0.408 e. The van der Waals surface area contributed by atoms with Crippen LogP contribution in [0.3, 0.4) is 0 Å². The first-order valence-corrected chi connectivity index (χ1v) is 5.50. The molecule has 2 atom stereocenters. The van der Waals surface area contributed by atoms with E-state index in [2.05, 4.69) is 17.3 Å². The van der Waals surface area contributed by atoms with Crippen molar-refractivity contribution in [1.29, 1.82) is 0 Å². The van der Waals surface area contributed by atoms with Gasteiger partial charge in [-0.05, 0) is 40.2 Å². The van der Waals surface area contributed by atoms with Crippen LogP contribution in [0.1, 0.15) is 27.2 Å². The molecule has 1 N–H and O–H groups in total. The third-order valence-electron chi connectivity index (χ3n) is 3.07. The minimum Gasteiger partial charge on any atom is -0.444 e. The molecule has 0 spiro atoms. The number of carbonyl (C=O) groups is 1. The van der Waals surface area contributed by atoms with Crippen molar-refractivity contribution < 1.29 is 9.53 Å². The second-order valence-corrected chi connectivity index (χ2v) is 5.88. The number of rotatable bonds is 1. The topological polar surface area (TPSA) is 41.6 Å². The van der Waals surface area contributed by atoms with Gasteiger partial charge < -0.3 is 15.0 Å². The van der Waals surface area contributed by atoms with Gasteiger partial charge in [0.25, 0.3) is 0 Å². The van der Waals surface area contributed by atoms with Crippen LogP contribution in [0.4, 0.5) is 4.79 Å². The Morgan fingerprint density at radius 3 is 2.67 bits per heavy atom. The van der Waals surface area contributed by atoms with Crippen LogP contribution < -0.4 is 5.32 Å². The van der Waals surface area contributed by atoms with Gasteiger partial charge in [-0.15, -0.1) is 0 Å². The van der Waals surface area contributed by atoms with Gasteiger partial charge in [0.05, 0.1) is 5.54 Å². The molecule has 15 heavy (non-hydrogen) atoms. The van der Waals surface area contributed by atoms with Gasteiger partial charge in [0, 0.05) is 13.1 Å². The minimum absolute atomic E-state index is 0.0249. The molecule has 86 valence electrons. The number of alkyl carbamates (subject to hydrolysis) is 1. The highest BCUT2D eigenvalue weighted by Gasteiger charge is 2.60. The van der Waals surface area contributed by atoms with E-state index >= 15 is 0 Å². The van der Waals surface area contributed by atoms with Crippen molar-refractivity contribution in [2.75, 3.05) is 20.1 Å². The van der Waals surface area contributed by atoms with Crippen LogP contribution in [-0.4, -0.2) is 42.3 Å². The van der Waals surface area contributed by atoms with Crippen molar-refractivity contribution in [2.45, 2.75) is 38.3 Å². The lowest BCUT2D eigenvalue weighted by Gasteiger charge is -2.23. The number of hydrogen-bond donors (Lipinski definition) is 1. The Kier molecular flexibility index (Phi) is 2.23. The number of fused-ring (bicyclic) bond motifs is 1. The van der Waals surface area contributed by atoms with Gasteiger partial charge >= 0.3 is 6.09 Å². The summed E-state index contributed by atoms with van der Waals surface area (Å²) in [6, 6.07) is 0. The van der Waals surface area contributed by atoms with E-state index < -0.39 is 5.60 Å². The summed E-state index contributed by atoms with van der Waals surface area (Å²) in [4.78, 5) is 13.9. The Morgan fingerprint density at radius 1 is 1.53 bits per heavy atom. The Bertz CT molecular complexity index is 285. The Morgan fingerprint density at radius 2 is 2.20 bits per heavy atom. The van der Waals surface area contributed by atoms with Gasteiger partial charge in [-0.3, -0.25) is 0 Å². The number of nitrogens with one attached hydrogen (secondary N) is 1. The van der Waals surface area contributed by atoms with Crippen LogP contribution in [0.15, 0.2) is 0 Å². The lowest BCUT2D eigenvalue weighted by molar-refractivity contribution is 0.0493. The minimum atomic E-state index is -0.407. The number of piperidine rings is 1. The fourth-order valence-electron chi connectivity index (χ4n) is 2.44. The van der Waals surface area contributed by atoms with E-state index in [-0.39, 0.29) is 11.6 Å². The van der Waals surface area contributed by atoms with Gasteiger partial charge in [0.2, 0.25) is 0 Å². The maximum atomic E-state index is 11.6. The number of amides is 1. The first-order chi connectivity index (χ1) is 6.81. The van der Waals surface area contributed by atoms with E-state index in [0.717, 1.165) is 19.5 Å². The standard InChI is InChI=1S/C11H20N2O2/c1-10(2,3)15-9(14)12-11-5-8(11)6-13(4)7-11/h8H,5-7H2,1-4H3,(H,12,14). The summed E-state index contributed by atoms with van der Waals surface area (Å²) in [6.07, 6.45) is 0.830. The molecule has 0 radical (unpaired) electrons. The molecule has 1 saturated carbocycles. The number of likely N-dealkylation sites (tertiary alicyclic amines) is 1. The van der Waals surface area contributed by atoms with Crippen LogP contribution in [0, 0.1) is 5.92 Å². The van der Waals surface area contributed by atoms with Crippen LogP contribution in [-0.2, 0) is 4.74 Å². The summed E-state index contributed by atoms with van der Waals surface area (Å²) in [5, 5.41) is 3.01. The summed E-state index contributed by atoms with van der Waals surface area (Å²) in [7, 11) is 2.09. The zero-order valence-corrected chi connectivity index (χ0v) is 9.96. The highest BCUT2D eigenvalue weighted by Crippen LogP contribution is 2.48. The molecule has 2 unspecified atom stereocenters. The lowest BCUT2D eigenvalue weighted by atomic mass is 10.2. The molecule has 1 aliphatic heterocycles. The highest BCUT2D eigenvalue weighted by molar-refractivity contribution is 5.70. The largest absolute Gasteiger partial charge is 0.444 e. The van der Waals surface area contributed by atoms with E-state index in [1.165, 1.54) is 0 Å². The third kappa shape index (κ3) is 2.25. The molecule has 1 heterocycles. The zero-order valence-electron chi connectivity index (χ0n) is 9.96.